The van der Waals surface area contributed by atoms with Gasteiger partial charge in [-0.05, 0) is 48.9 Å². The average Bonchev–Trinajstić information content (AvgIpc) is 3.24. The van der Waals surface area contributed by atoms with Crippen LogP contribution in [0.4, 0.5) is 15.9 Å². The Morgan fingerprint density at radius 1 is 0.950 bits per heavy atom. The number of aromatic nitrogens is 2. The Balaban J connectivity index is 1.38. The summed E-state index contributed by atoms with van der Waals surface area (Å²) in [5, 5.41) is 0. The maximum Gasteiger partial charge on any atom is 0.267 e. The van der Waals surface area contributed by atoms with E-state index in [1.54, 1.807) is 35.4 Å². The van der Waals surface area contributed by atoms with E-state index in [2.05, 4.69) is 16.7 Å². The van der Waals surface area contributed by atoms with E-state index < -0.39 is 0 Å². The van der Waals surface area contributed by atoms with Crippen molar-refractivity contribution in [3.8, 4) is 0 Å². The zero-order valence-corrected chi connectivity index (χ0v) is 24.4. The second kappa shape index (κ2) is 13.0. The molecule has 0 spiro atoms. The number of halogens is 1. The number of benzene rings is 1. The van der Waals surface area contributed by atoms with Crippen molar-refractivity contribution in [3.05, 3.63) is 75.3 Å². The van der Waals surface area contributed by atoms with Gasteiger partial charge >= 0.3 is 0 Å². The van der Waals surface area contributed by atoms with Crippen LogP contribution in [0.15, 0.2) is 58.4 Å². The van der Waals surface area contributed by atoms with E-state index in [9.17, 15) is 14.0 Å². The topological polar surface area (TPSA) is 61.2 Å². The zero-order valence-electron chi connectivity index (χ0n) is 22.7. The Morgan fingerprint density at radius 2 is 1.65 bits per heavy atom. The molecule has 0 saturated carbocycles. The molecule has 2 aliphatic heterocycles. The first kappa shape index (κ1) is 28.3. The number of carbonyl (C=O) groups is 1. The highest BCUT2D eigenvalue weighted by Crippen LogP contribution is 2.34. The summed E-state index contributed by atoms with van der Waals surface area (Å²) in [7, 11) is 0. The predicted molar refractivity (Wildman–Crippen MR) is 166 cm³/mol. The summed E-state index contributed by atoms with van der Waals surface area (Å²) < 4.78 is 15.5. The first-order valence-corrected chi connectivity index (χ1v) is 15.2. The summed E-state index contributed by atoms with van der Waals surface area (Å²) in [5.41, 5.74) is 1.68. The number of thioether (sulfide) groups is 1. The third kappa shape index (κ3) is 6.23. The minimum Gasteiger partial charge on any atom is -0.368 e. The number of anilines is 2. The van der Waals surface area contributed by atoms with E-state index in [1.807, 2.05) is 12.1 Å². The van der Waals surface area contributed by atoms with Crippen LogP contribution in [0.2, 0.25) is 0 Å². The van der Waals surface area contributed by atoms with Gasteiger partial charge in [0, 0.05) is 44.6 Å². The van der Waals surface area contributed by atoms with Gasteiger partial charge in [0.2, 0.25) is 0 Å². The minimum atomic E-state index is -0.259. The van der Waals surface area contributed by atoms with Gasteiger partial charge in [-0.15, -0.1) is 0 Å². The van der Waals surface area contributed by atoms with Gasteiger partial charge in [0.15, 0.2) is 0 Å². The highest BCUT2D eigenvalue weighted by Gasteiger charge is 2.33. The van der Waals surface area contributed by atoms with Crippen molar-refractivity contribution in [1.82, 2.24) is 14.3 Å². The molecule has 0 N–H and O–H groups in total. The third-order valence-electron chi connectivity index (χ3n) is 7.40. The Hall–Kier alpha value is -3.24. The van der Waals surface area contributed by atoms with E-state index in [0.29, 0.717) is 59.0 Å². The fraction of sp³-hybridized carbons (Fsp3) is 0.400. The van der Waals surface area contributed by atoms with Crippen molar-refractivity contribution in [2.24, 2.45) is 0 Å². The molecular weight excluding hydrogens is 545 g/mol. The van der Waals surface area contributed by atoms with Gasteiger partial charge in [-0.2, -0.15) is 0 Å². The van der Waals surface area contributed by atoms with Crippen molar-refractivity contribution < 1.29 is 9.18 Å². The van der Waals surface area contributed by atoms with Crippen LogP contribution in [-0.2, 0) is 4.79 Å². The number of hydrogen-bond donors (Lipinski definition) is 0. The molecule has 1 amide bonds. The van der Waals surface area contributed by atoms with Crippen molar-refractivity contribution in [2.45, 2.75) is 45.4 Å². The number of amides is 1. The molecule has 3 aromatic rings. The average molecular weight is 580 g/mol. The summed E-state index contributed by atoms with van der Waals surface area (Å²) in [6.45, 7) is 5.45. The molecule has 0 atom stereocenters. The van der Waals surface area contributed by atoms with Crippen molar-refractivity contribution in [1.29, 1.82) is 0 Å². The van der Waals surface area contributed by atoms with E-state index in [0.717, 1.165) is 24.9 Å². The molecule has 10 heteroatoms. The number of carbonyl (C=O) groups excluding carboxylic acids is 1. The number of unbranched alkanes of at least 4 members (excludes halogenated alkanes) is 5. The normalized spacial score (nSPS) is 17.1. The molecule has 2 aliphatic rings. The fourth-order valence-corrected chi connectivity index (χ4v) is 6.45. The summed E-state index contributed by atoms with van der Waals surface area (Å²) in [6.07, 6.45) is 10.2. The van der Waals surface area contributed by atoms with Crippen molar-refractivity contribution in [2.75, 3.05) is 42.5 Å². The summed E-state index contributed by atoms with van der Waals surface area (Å²) in [5.74, 6) is 0.162. The standard InChI is InChI=1S/C30H34FN5O2S2/c1-2-3-4-5-6-8-16-36-29(38)25(40-30(36)39)21-24-27(32-26-10-7-9-15-35(26)28(24)37)34-19-17-33(18-20-34)23-13-11-22(31)12-14-23/h7,9-15,21H,2-6,8,16-20H2,1H3/b25-21+. The second-order valence-electron chi connectivity index (χ2n) is 10.1. The lowest BCUT2D eigenvalue weighted by Crippen LogP contribution is -2.47. The van der Waals surface area contributed by atoms with E-state index in [4.69, 9.17) is 17.2 Å². The van der Waals surface area contributed by atoms with Gasteiger partial charge in [0.25, 0.3) is 11.5 Å². The van der Waals surface area contributed by atoms with Crippen LogP contribution in [-0.4, -0.2) is 57.2 Å². The largest absolute Gasteiger partial charge is 0.368 e. The van der Waals surface area contributed by atoms with Gasteiger partial charge in [0.1, 0.15) is 21.6 Å². The van der Waals surface area contributed by atoms with Crippen LogP contribution in [0.5, 0.6) is 0 Å². The molecule has 2 aromatic heterocycles. The van der Waals surface area contributed by atoms with E-state index >= 15 is 0 Å². The van der Waals surface area contributed by atoms with E-state index in [-0.39, 0.29) is 17.3 Å². The van der Waals surface area contributed by atoms with Gasteiger partial charge < -0.3 is 9.80 Å². The Bertz CT molecular complexity index is 1470. The summed E-state index contributed by atoms with van der Waals surface area (Å²) in [6, 6.07) is 12.0. The lowest BCUT2D eigenvalue weighted by Gasteiger charge is -2.37. The number of pyridine rings is 1. The molecular formula is C30H34FN5O2S2. The van der Waals surface area contributed by atoms with Crippen LogP contribution >= 0.6 is 24.0 Å². The number of piperazine rings is 1. The first-order valence-electron chi connectivity index (χ1n) is 14.0. The van der Waals surface area contributed by atoms with Crippen LogP contribution in [0.3, 0.4) is 0 Å². The summed E-state index contributed by atoms with van der Waals surface area (Å²) in [4.78, 5) is 38.3. The molecule has 210 valence electrons. The molecule has 0 unspecified atom stereocenters. The predicted octanol–water partition coefficient (Wildman–Crippen LogP) is 5.72. The monoisotopic (exact) mass is 579 g/mol. The highest BCUT2D eigenvalue weighted by atomic mass is 32.2. The Kier molecular flexibility index (Phi) is 9.16. The molecule has 2 fully saturated rings. The number of hydrogen-bond acceptors (Lipinski definition) is 7. The molecule has 2 saturated heterocycles. The molecule has 40 heavy (non-hydrogen) atoms. The molecule has 4 heterocycles. The highest BCUT2D eigenvalue weighted by molar-refractivity contribution is 8.26. The molecule has 0 radical (unpaired) electrons. The number of rotatable bonds is 10. The zero-order chi connectivity index (χ0) is 28.1. The van der Waals surface area contributed by atoms with Gasteiger partial charge in [0.05, 0.1) is 10.5 Å². The van der Waals surface area contributed by atoms with Gasteiger partial charge in [-0.1, -0.05) is 69.1 Å². The Morgan fingerprint density at radius 3 is 2.40 bits per heavy atom. The quantitative estimate of drug-likeness (QED) is 0.173. The molecule has 5 rings (SSSR count). The van der Waals surface area contributed by atoms with Crippen molar-refractivity contribution in [3.63, 3.8) is 0 Å². The fourth-order valence-electron chi connectivity index (χ4n) is 5.16. The second-order valence-corrected chi connectivity index (χ2v) is 11.8. The molecule has 7 nitrogen and oxygen atoms in total. The minimum absolute atomic E-state index is 0.145. The molecule has 0 aliphatic carbocycles. The maximum atomic E-state index is 13.7. The number of fused-ring (bicyclic) bond motifs is 1. The molecule has 1 aromatic carbocycles. The SMILES string of the molecule is CCCCCCCCN1C(=O)/C(=C\c2c(N3CCN(c4ccc(F)cc4)CC3)nc3ccccn3c2=O)SC1=S. The smallest absolute Gasteiger partial charge is 0.267 e. The van der Waals surface area contributed by atoms with Crippen LogP contribution < -0.4 is 15.4 Å². The lowest BCUT2D eigenvalue weighted by molar-refractivity contribution is -0.122. The maximum absolute atomic E-state index is 13.7. The third-order valence-corrected chi connectivity index (χ3v) is 8.78. The van der Waals surface area contributed by atoms with Crippen LogP contribution in [0, 0.1) is 5.82 Å². The number of thiocarbonyl (C=S) groups is 1. The first-order chi connectivity index (χ1) is 19.5. The molecule has 0 bridgehead atoms. The van der Waals surface area contributed by atoms with E-state index in [1.165, 1.54) is 47.6 Å². The lowest BCUT2D eigenvalue weighted by atomic mass is 10.1. The van der Waals surface area contributed by atoms with Gasteiger partial charge in [-0.3, -0.25) is 18.9 Å². The summed E-state index contributed by atoms with van der Waals surface area (Å²) >= 11 is 6.81. The van der Waals surface area contributed by atoms with Crippen LogP contribution in [0.25, 0.3) is 11.7 Å². The number of nitrogens with zero attached hydrogens (tertiary/aromatic N) is 5. The van der Waals surface area contributed by atoms with Gasteiger partial charge in [-0.25, -0.2) is 9.37 Å². The Labute approximate surface area is 243 Å². The van der Waals surface area contributed by atoms with Crippen molar-refractivity contribution >= 4 is 57.4 Å². The van der Waals surface area contributed by atoms with Crippen LogP contribution in [0.1, 0.15) is 51.0 Å².